The Morgan fingerprint density at radius 3 is 2.29 bits per heavy atom. The molecule has 5 rings (SSSR count). The molecular formula is C31H31F6N7O6S. The number of ether oxygens (including phenoxy) is 1. The molecule has 0 aliphatic carbocycles. The maximum atomic E-state index is 16.0. The maximum absolute atomic E-state index is 16.0. The second kappa shape index (κ2) is 12.6. The number of nitrogens with one attached hydrogen (secondary N) is 1. The van der Waals surface area contributed by atoms with E-state index in [1.807, 2.05) is 0 Å². The van der Waals surface area contributed by atoms with Crippen molar-refractivity contribution in [1.29, 1.82) is 0 Å². The van der Waals surface area contributed by atoms with E-state index >= 15 is 13.2 Å². The van der Waals surface area contributed by atoms with Gasteiger partial charge in [0.15, 0.2) is 9.84 Å². The van der Waals surface area contributed by atoms with Crippen molar-refractivity contribution < 1.29 is 53.5 Å². The molecule has 0 saturated heterocycles. The molecule has 1 aliphatic heterocycles. The topological polar surface area (TPSA) is 162 Å². The third kappa shape index (κ3) is 7.69. The lowest BCUT2D eigenvalue weighted by atomic mass is 9.99. The number of hydrogen-bond acceptors (Lipinski definition) is 10. The third-order valence-electron chi connectivity index (χ3n) is 7.87. The minimum atomic E-state index is -4.79. The average Bonchev–Trinajstić information content (AvgIpc) is 3.68. The molecule has 1 atom stereocenters. The number of fused-ring (bicyclic) bond motifs is 1. The highest BCUT2D eigenvalue weighted by Crippen LogP contribution is 2.45. The number of hydrogen-bond donors (Lipinski definition) is 1. The summed E-state index contributed by atoms with van der Waals surface area (Å²) in [6.07, 6.45) is -5.48. The Kier molecular flexibility index (Phi) is 9.23. The molecule has 0 saturated carbocycles. The molecule has 1 N–H and O–H groups in total. The Morgan fingerprint density at radius 2 is 1.73 bits per heavy atom. The quantitative estimate of drug-likeness (QED) is 0.233. The summed E-state index contributed by atoms with van der Waals surface area (Å²) >= 11 is 0. The lowest BCUT2D eigenvalue weighted by Gasteiger charge is -2.27. The van der Waals surface area contributed by atoms with Crippen molar-refractivity contribution >= 4 is 27.5 Å². The van der Waals surface area contributed by atoms with Crippen molar-refractivity contribution in [3.05, 3.63) is 71.4 Å². The number of halogens is 6. The molecule has 2 amide bonds. The lowest BCUT2D eigenvalue weighted by molar-refractivity contribution is -0.144. The van der Waals surface area contributed by atoms with Gasteiger partial charge in [-0.25, -0.2) is 36.0 Å². The molecule has 1 aliphatic rings. The standard InChI is InChI=1S/C31H31F6N7O6S/c1-28(2,3)50-27(46)39-21-13-30(33,34)19-12-20(32)18(23-40-41-26(49-23)29(4,5)51(6,47)48)11-22(19)43(24(21)45)14-16-7-9-17(10-8-16)44-15-38-25(42-44)31(35,36)37/h7-12,15,21H,13-14H2,1-6H3,(H,39,46)/t21-/m1/s1. The first-order valence-electron chi connectivity index (χ1n) is 15.0. The molecule has 0 fully saturated rings. The smallest absolute Gasteiger partial charge is 0.444 e. The summed E-state index contributed by atoms with van der Waals surface area (Å²) in [7, 11) is -3.82. The van der Waals surface area contributed by atoms with Gasteiger partial charge in [0.25, 0.3) is 17.6 Å². The van der Waals surface area contributed by atoms with E-state index in [0.717, 1.165) is 28.2 Å². The van der Waals surface area contributed by atoms with Gasteiger partial charge in [-0.05, 0) is 64.4 Å². The summed E-state index contributed by atoms with van der Waals surface area (Å²) < 4.78 is 121. The van der Waals surface area contributed by atoms with Gasteiger partial charge in [-0.15, -0.1) is 15.3 Å². The number of alkyl carbamates (subject to hydrolysis) is 1. The Labute approximate surface area is 286 Å². The van der Waals surface area contributed by atoms with Gasteiger partial charge in [-0.3, -0.25) is 4.79 Å². The van der Waals surface area contributed by atoms with Crippen molar-refractivity contribution in [3.63, 3.8) is 0 Å². The number of nitrogens with zero attached hydrogens (tertiary/aromatic N) is 6. The first-order chi connectivity index (χ1) is 23.4. The Morgan fingerprint density at radius 1 is 1.08 bits per heavy atom. The Balaban J connectivity index is 1.59. The molecular weight excluding hydrogens is 712 g/mol. The van der Waals surface area contributed by atoms with Gasteiger partial charge in [0.2, 0.25) is 11.8 Å². The second-order valence-corrected chi connectivity index (χ2v) is 15.8. The van der Waals surface area contributed by atoms with Crippen molar-refractivity contribution in [3.8, 4) is 17.1 Å². The van der Waals surface area contributed by atoms with Crippen LogP contribution in [0.25, 0.3) is 17.1 Å². The molecule has 2 aromatic heterocycles. The molecule has 51 heavy (non-hydrogen) atoms. The van der Waals surface area contributed by atoms with Crippen LogP contribution in [0.4, 0.5) is 36.8 Å². The highest BCUT2D eigenvalue weighted by molar-refractivity contribution is 7.91. The van der Waals surface area contributed by atoms with Crippen LogP contribution in [0.3, 0.4) is 0 Å². The molecule has 0 radical (unpaired) electrons. The van der Waals surface area contributed by atoms with E-state index in [4.69, 9.17) is 9.15 Å². The monoisotopic (exact) mass is 743 g/mol. The number of carbonyl (C=O) groups is 2. The van der Waals surface area contributed by atoms with Crippen LogP contribution in [0.1, 0.15) is 63.9 Å². The summed E-state index contributed by atoms with van der Waals surface area (Å²) in [6.45, 7) is 6.66. The molecule has 20 heteroatoms. The molecule has 2 aromatic carbocycles. The molecule has 13 nitrogen and oxygen atoms in total. The SMILES string of the molecule is CC(C)(C)OC(=O)N[C@@H]1CC(F)(F)c2cc(F)c(-c3nnc(C(C)(C)S(C)(=O)=O)o3)cc2N(Cc2ccc(-n3cnc(C(F)(F)F)n3)cc2)C1=O. The van der Waals surface area contributed by atoms with E-state index < -0.39 is 104 Å². The van der Waals surface area contributed by atoms with Crippen LogP contribution in [-0.2, 0) is 42.8 Å². The zero-order valence-electron chi connectivity index (χ0n) is 27.8. The normalized spacial score (nSPS) is 16.8. The van der Waals surface area contributed by atoms with Gasteiger partial charge in [0.05, 0.1) is 23.5 Å². The highest BCUT2D eigenvalue weighted by Gasteiger charge is 2.47. The number of alkyl halides is 5. The van der Waals surface area contributed by atoms with Crippen LogP contribution < -0.4 is 10.2 Å². The summed E-state index contributed by atoms with van der Waals surface area (Å²) in [5.74, 6) is -8.58. The van der Waals surface area contributed by atoms with E-state index in [2.05, 4.69) is 25.6 Å². The fourth-order valence-corrected chi connectivity index (χ4v) is 5.32. The maximum Gasteiger partial charge on any atom is 0.453 e. The minimum absolute atomic E-state index is 0.147. The van der Waals surface area contributed by atoms with Crippen LogP contribution >= 0.6 is 0 Å². The largest absolute Gasteiger partial charge is 0.453 e. The number of rotatable bonds is 7. The van der Waals surface area contributed by atoms with E-state index in [1.54, 1.807) is 0 Å². The van der Waals surface area contributed by atoms with Crippen LogP contribution in [-0.4, -0.2) is 63.3 Å². The predicted molar refractivity (Wildman–Crippen MR) is 167 cm³/mol. The lowest BCUT2D eigenvalue weighted by Crippen LogP contribution is -2.49. The van der Waals surface area contributed by atoms with E-state index in [1.165, 1.54) is 58.9 Å². The van der Waals surface area contributed by atoms with Gasteiger partial charge in [0, 0.05) is 18.2 Å². The number of carbonyl (C=O) groups excluding carboxylic acids is 2. The van der Waals surface area contributed by atoms with Crippen LogP contribution in [0.2, 0.25) is 0 Å². The predicted octanol–water partition coefficient (Wildman–Crippen LogP) is 5.68. The highest BCUT2D eigenvalue weighted by atomic mass is 32.2. The number of aromatic nitrogens is 5. The number of amides is 2. The van der Waals surface area contributed by atoms with Gasteiger partial charge in [-0.2, -0.15) is 13.2 Å². The molecule has 274 valence electrons. The van der Waals surface area contributed by atoms with Crippen LogP contribution in [0.15, 0.2) is 47.1 Å². The van der Waals surface area contributed by atoms with E-state index in [-0.39, 0.29) is 11.3 Å². The van der Waals surface area contributed by atoms with Crippen LogP contribution in [0.5, 0.6) is 0 Å². The number of benzene rings is 2. The summed E-state index contributed by atoms with van der Waals surface area (Å²) in [5, 5.41) is 13.0. The zero-order chi connectivity index (χ0) is 37.9. The molecule has 0 bridgehead atoms. The van der Waals surface area contributed by atoms with E-state index in [0.29, 0.717) is 6.07 Å². The fraction of sp³-hybridized carbons (Fsp3) is 0.419. The van der Waals surface area contributed by atoms with Crippen molar-refractivity contribution in [1.82, 2.24) is 30.3 Å². The van der Waals surface area contributed by atoms with Crippen LogP contribution in [0, 0.1) is 5.82 Å². The third-order valence-corrected chi connectivity index (χ3v) is 9.90. The molecule has 0 unspecified atom stereocenters. The van der Waals surface area contributed by atoms with Gasteiger partial charge < -0.3 is 19.4 Å². The Hall–Kier alpha value is -5.01. The van der Waals surface area contributed by atoms with Gasteiger partial charge in [-0.1, -0.05) is 12.1 Å². The van der Waals surface area contributed by atoms with Crippen molar-refractivity contribution in [2.24, 2.45) is 0 Å². The Bertz CT molecular complexity index is 2090. The van der Waals surface area contributed by atoms with Crippen molar-refractivity contribution in [2.45, 2.75) is 76.1 Å². The molecule has 4 aromatic rings. The number of anilines is 1. The minimum Gasteiger partial charge on any atom is -0.444 e. The summed E-state index contributed by atoms with van der Waals surface area (Å²) in [5.41, 5.74) is -2.61. The summed E-state index contributed by atoms with van der Waals surface area (Å²) in [4.78, 5) is 30.8. The first kappa shape index (κ1) is 37.3. The van der Waals surface area contributed by atoms with Gasteiger partial charge in [0.1, 0.15) is 28.5 Å². The average molecular weight is 744 g/mol. The fourth-order valence-electron chi connectivity index (χ4n) is 4.92. The van der Waals surface area contributed by atoms with E-state index in [9.17, 15) is 31.2 Å². The molecule has 3 heterocycles. The second-order valence-electron chi connectivity index (χ2n) is 13.3. The summed E-state index contributed by atoms with van der Waals surface area (Å²) in [6, 6.07) is 4.94. The van der Waals surface area contributed by atoms with Crippen molar-refractivity contribution in [2.75, 3.05) is 11.2 Å². The molecule has 0 spiro atoms. The first-order valence-corrected chi connectivity index (χ1v) is 16.9. The number of sulfone groups is 1. The zero-order valence-corrected chi connectivity index (χ0v) is 28.7. The van der Waals surface area contributed by atoms with Gasteiger partial charge >= 0.3 is 12.3 Å².